The average molecular weight is 382 g/mol. The molecule has 0 unspecified atom stereocenters. The number of imidazole rings is 1. The number of anilines is 1. The van der Waals surface area contributed by atoms with Crippen molar-refractivity contribution in [1.29, 1.82) is 0 Å². The maximum absolute atomic E-state index is 6.23. The molecule has 0 radical (unpaired) electrons. The summed E-state index contributed by atoms with van der Waals surface area (Å²) in [6, 6.07) is 8.04. The Labute approximate surface area is 161 Å². The van der Waals surface area contributed by atoms with E-state index in [0.717, 1.165) is 52.1 Å². The Kier molecular flexibility index (Phi) is 4.75. The second kappa shape index (κ2) is 7.21. The molecule has 0 saturated carbocycles. The quantitative estimate of drug-likeness (QED) is 0.437. The van der Waals surface area contributed by atoms with Crippen molar-refractivity contribution in [3.63, 3.8) is 0 Å². The van der Waals surface area contributed by atoms with Crippen LogP contribution in [0.15, 0.2) is 30.5 Å². The number of pyridine rings is 1. The number of aromatic amines is 2. The van der Waals surface area contributed by atoms with Gasteiger partial charge in [-0.05, 0) is 18.2 Å². The number of nitrogens with one attached hydrogen (secondary N) is 2. The SMILES string of the molecule is CCN(Cc1nc2c([nH]1)c(N)nc1cc(-c3ccn[nH]3)ccc12)SC(C)C. The molecule has 7 nitrogen and oxygen atoms in total. The normalized spacial score (nSPS) is 12.0. The molecule has 0 spiro atoms. The first kappa shape index (κ1) is 17.8. The number of hydrogen-bond donors (Lipinski definition) is 3. The number of nitrogens with zero attached hydrogens (tertiary/aromatic N) is 4. The molecule has 0 amide bonds. The van der Waals surface area contributed by atoms with E-state index in [-0.39, 0.29) is 0 Å². The Morgan fingerprint density at radius 1 is 1.22 bits per heavy atom. The molecule has 1 aromatic carbocycles. The molecule has 3 aromatic heterocycles. The van der Waals surface area contributed by atoms with Gasteiger partial charge in [-0.1, -0.05) is 38.8 Å². The van der Waals surface area contributed by atoms with Gasteiger partial charge in [0.1, 0.15) is 22.7 Å². The lowest BCUT2D eigenvalue weighted by atomic mass is 10.1. The summed E-state index contributed by atoms with van der Waals surface area (Å²) in [6.45, 7) is 8.22. The maximum atomic E-state index is 6.23. The molecule has 3 heterocycles. The molecular weight excluding hydrogens is 358 g/mol. The number of hydrogen-bond acceptors (Lipinski definition) is 6. The molecule has 8 heteroatoms. The largest absolute Gasteiger partial charge is 0.382 e. The summed E-state index contributed by atoms with van der Waals surface area (Å²) in [5.74, 6) is 1.37. The molecule has 140 valence electrons. The molecule has 4 rings (SSSR count). The number of aromatic nitrogens is 5. The summed E-state index contributed by atoms with van der Waals surface area (Å²) in [5.41, 5.74) is 10.7. The van der Waals surface area contributed by atoms with Crippen LogP contribution in [0, 0.1) is 0 Å². The van der Waals surface area contributed by atoms with Gasteiger partial charge in [0.15, 0.2) is 0 Å². The molecular formula is C19H23N7S. The number of nitrogen functional groups attached to an aromatic ring is 1. The molecule has 27 heavy (non-hydrogen) atoms. The number of benzene rings is 1. The summed E-state index contributed by atoms with van der Waals surface area (Å²) in [5, 5.41) is 8.51. The van der Waals surface area contributed by atoms with E-state index in [2.05, 4.69) is 51.3 Å². The summed E-state index contributed by atoms with van der Waals surface area (Å²) in [7, 11) is 0. The van der Waals surface area contributed by atoms with Gasteiger partial charge in [-0.15, -0.1) is 0 Å². The van der Waals surface area contributed by atoms with Crippen LogP contribution >= 0.6 is 11.9 Å². The van der Waals surface area contributed by atoms with E-state index in [0.29, 0.717) is 11.1 Å². The van der Waals surface area contributed by atoms with Crippen LogP contribution in [-0.4, -0.2) is 41.2 Å². The fourth-order valence-corrected chi connectivity index (χ4v) is 4.10. The molecule has 0 saturated heterocycles. The van der Waals surface area contributed by atoms with Gasteiger partial charge in [0, 0.05) is 28.9 Å². The third-order valence-corrected chi connectivity index (χ3v) is 5.46. The molecule has 0 atom stereocenters. The smallest absolute Gasteiger partial charge is 0.150 e. The van der Waals surface area contributed by atoms with Gasteiger partial charge < -0.3 is 10.7 Å². The van der Waals surface area contributed by atoms with Crippen LogP contribution in [0.3, 0.4) is 0 Å². The number of fused-ring (bicyclic) bond motifs is 3. The molecule has 0 aliphatic rings. The van der Waals surface area contributed by atoms with Gasteiger partial charge in [0.25, 0.3) is 0 Å². The van der Waals surface area contributed by atoms with Crippen LogP contribution in [0.4, 0.5) is 5.82 Å². The van der Waals surface area contributed by atoms with Crippen LogP contribution in [0.5, 0.6) is 0 Å². The first-order valence-electron chi connectivity index (χ1n) is 9.04. The van der Waals surface area contributed by atoms with Gasteiger partial charge in [0.05, 0.1) is 17.8 Å². The highest BCUT2D eigenvalue weighted by Gasteiger charge is 2.15. The van der Waals surface area contributed by atoms with E-state index in [4.69, 9.17) is 10.7 Å². The van der Waals surface area contributed by atoms with E-state index in [1.54, 1.807) is 6.20 Å². The van der Waals surface area contributed by atoms with Gasteiger partial charge in [-0.2, -0.15) is 5.10 Å². The van der Waals surface area contributed by atoms with E-state index >= 15 is 0 Å². The second-order valence-corrected chi connectivity index (χ2v) is 8.39. The molecule has 4 N–H and O–H groups in total. The molecule has 0 bridgehead atoms. The van der Waals surface area contributed by atoms with E-state index < -0.39 is 0 Å². The van der Waals surface area contributed by atoms with E-state index in [1.165, 1.54) is 0 Å². The minimum absolute atomic E-state index is 0.470. The van der Waals surface area contributed by atoms with Crippen LogP contribution < -0.4 is 5.73 Å². The third-order valence-electron chi connectivity index (χ3n) is 4.35. The van der Waals surface area contributed by atoms with E-state index in [9.17, 15) is 0 Å². The van der Waals surface area contributed by atoms with Crippen LogP contribution in [0.1, 0.15) is 26.6 Å². The summed E-state index contributed by atoms with van der Waals surface area (Å²) < 4.78 is 2.30. The predicted molar refractivity (Wildman–Crippen MR) is 112 cm³/mol. The monoisotopic (exact) mass is 381 g/mol. The van der Waals surface area contributed by atoms with Gasteiger partial charge in [-0.25, -0.2) is 14.3 Å². The van der Waals surface area contributed by atoms with Gasteiger partial charge in [-0.3, -0.25) is 5.10 Å². The topological polar surface area (TPSA) is 99.5 Å². The summed E-state index contributed by atoms with van der Waals surface area (Å²) in [6.07, 6.45) is 1.74. The Hall–Kier alpha value is -2.58. The maximum Gasteiger partial charge on any atom is 0.150 e. The van der Waals surface area contributed by atoms with Crippen molar-refractivity contribution in [2.45, 2.75) is 32.6 Å². The number of H-pyrrole nitrogens is 2. The minimum Gasteiger partial charge on any atom is -0.382 e. The Bertz CT molecular complexity index is 1070. The van der Waals surface area contributed by atoms with Crippen molar-refractivity contribution < 1.29 is 0 Å². The Balaban J connectivity index is 1.76. The standard InChI is InChI=1S/C19H23N7S/c1-4-26(27-11(2)3)10-16-23-17-13-6-5-12(14-7-8-21-25-14)9-15(13)22-19(20)18(17)24-16/h5-9,11H,4,10H2,1-3H3,(H2,20,22)(H,21,25)(H,23,24). The van der Waals surface area contributed by atoms with Crippen molar-refractivity contribution in [2.75, 3.05) is 12.3 Å². The number of nitrogens with two attached hydrogens (primary N) is 1. The zero-order chi connectivity index (χ0) is 19.0. The van der Waals surface area contributed by atoms with Crippen molar-refractivity contribution >= 4 is 39.7 Å². The Morgan fingerprint density at radius 3 is 2.78 bits per heavy atom. The van der Waals surface area contributed by atoms with Crippen molar-refractivity contribution in [1.82, 2.24) is 29.5 Å². The lowest BCUT2D eigenvalue weighted by Gasteiger charge is -2.19. The molecule has 4 aromatic rings. The first-order chi connectivity index (χ1) is 13.0. The second-order valence-electron chi connectivity index (χ2n) is 6.72. The highest BCUT2D eigenvalue weighted by molar-refractivity contribution is 7.97. The van der Waals surface area contributed by atoms with Crippen LogP contribution in [-0.2, 0) is 6.54 Å². The van der Waals surface area contributed by atoms with Crippen molar-refractivity contribution in [3.05, 3.63) is 36.3 Å². The zero-order valence-corrected chi connectivity index (χ0v) is 16.5. The summed E-state index contributed by atoms with van der Waals surface area (Å²) in [4.78, 5) is 12.8. The molecule has 0 fully saturated rings. The highest BCUT2D eigenvalue weighted by Crippen LogP contribution is 2.30. The minimum atomic E-state index is 0.470. The van der Waals surface area contributed by atoms with Crippen molar-refractivity contribution in [2.24, 2.45) is 0 Å². The fraction of sp³-hybridized carbons (Fsp3) is 0.316. The fourth-order valence-electron chi connectivity index (χ4n) is 3.16. The number of rotatable bonds is 6. The third kappa shape index (κ3) is 3.50. The van der Waals surface area contributed by atoms with E-state index in [1.807, 2.05) is 30.1 Å². The van der Waals surface area contributed by atoms with Gasteiger partial charge >= 0.3 is 0 Å². The first-order valence-corrected chi connectivity index (χ1v) is 9.88. The van der Waals surface area contributed by atoms with Gasteiger partial charge in [0.2, 0.25) is 0 Å². The van der Waals surface area contributed by atoms with Crippen LogP contribution in [0.25, 0.3) is 33.2 Å². The van der Waals surface area contributed by atoms with Crippen LogP contribution in [0.2, 0.25) is 0 Å². The highest BCUT2D eigenvalue weighted by atomic mass is 32.2. The summed E-state index contributed by atoms with van der Waals surface area (Å²) >= 11 is 1.83. The zero-order valence-electron chi connectivity index (χ0n) is 15.7. The molecule has 0 aliphatic carbocycles. The van der Waals surface area contributed by atoms with Crippen molar-refractivity contribution in [3.8, 4) is 11.3 Å². The molecule has 0 aliphatic heterocycles. The lowest BCUT2D eigenvalue weighted by molar-refractivity contribution is 0.477. The lowest BCUT2D eigenvalue weighted by Crippen LogP contribution is -2.17. The average Bonchev–Trinajstić information content (AvgIpc) is 3.30. The predicted octanol–water partition coefficient (Wildman–Crippen LogP) is 3.96. The Morgan fingerprint density at radius 2 is 2.07 bits per heavy atom.